The molecule has 0 unspecified atom stereocenters. The number of nitrogen functional groups attached to an aromatic ring is 1. The van der Waals surface area contributed by atoms with E-state index in [1.807, 2.05) is 31.0 Å². The molecule has 0 aliphatic heterocycles. The molecule has 0 aliphatic carbocycles. The molecule has 0 spiro atoms. The predicted octanol–water partition coefficient (Wildman–Crippen LogP) is 1.47. The summed E-state index contributed by atoms with van der Waals surface area (Å²) in [5.41, 5.74) is 7.19. The van der Waals surface area contributed by atoms with Crippen molar-refractivity contribution < 1.29 is 0 Å². The highest BCUT2D eigenvalue weighted by Gasteiger charge is 2.11. The van der Waals surface area contributed by atoms with E-state index in [-0.39, 0.29) is 5.84 Å². The number of nitrogens with zero attached hydrogens (tertiary/aromatic N) is 2. The molecule has 0 bridgehead atoms. The van der Waals surface area contributed by atoms with Crippen LogP contribution >= 0.6 is 11.8 Å². The summed E-state index contributed by atoms with van der Waals surface area (Å²) in [6, 6.07) is 3.73. The maximum Gasteiger partial charge on any atom is 0.139 e. The third kappa shape index (κ3) is 3.13. The average Bonchev–Trinajstić information content (AvgIpc) is 2.25. The molecule has 0 aliphatic rings. The summed E-state index contributed by atoms with van der Waals surface area (Å²) in [4.78, 5) is 6.48. The Morgan fingerprint density at radius 2 is 2.25 bits per heavy atom. The highest BCUT2D eigenvalue weighted by molar-refractivity contribution is 7.98. The summed E-state index contributed by atoms with van der Waals surface area (Å²) >= 11 is 1.79. The monoisotopic (exact) mass is 238 g/mol. The van der Waals surface area contributed by atoms with Crippen molar-refractivity contribution in [2.75, 3.05) is 30.5 Å². The van der Waals surface area contributed by atoms with Crippen LogP contribution in [0, 0.1) is 12.3 Å². The van der Waals surface area contributed by atoms with Crippen molar-refractivity contribution in [1.82, 2.24) is 4.98 Å². The number of hydrogen-bond donors (Lipinski definition) is 2. The van der Waals surface area contributed by atoms with Gasteiger partial charge in [0.1, 0.15) is 11.7 Å². The van der Waals surface area contributed by atoms with E-state index in [1.54, 1.807) is 11.8 Å². The summed E-state index contributed by atoms with van der Waals surface area (Å²) in [5.74, 6) is 1.89. The molecule has 4 nitrogen and oxygen atoms in total. The van der Waals surface area contributed by atoms with Crippen LogP contribution in [0.5, 0.6) is 0 Å². The van der Waals surface area contributed by atoms with Crippen molar-refractivity contribution in [2.45, 2.75) is 6.92 Å². The first-order valence-electron chi connectivity index (χ1n) is 5.08. The molecule has 16 heavy (non-hydrogen) atoms. The van der Waals surface area contributed by atoms with Gasteiger partial charge in [-0.1, -0.05) is 0 Å². The van der Waals surface area contributed by atoms with Gasteiger partial charge in [-0.25, -0.2) is 4.98 Å². The van der Waals surface area contributed by atoms with Crippen LogP contribution in [-0.4, -0.2) is 36.4 Å². The lowest BCUT2D eigenvalue weighted by Gasteiger charge is -2.20. The standard InChI is InChI=1S/C11H18N4S/c1-8-4-5-9(10(12)13)11(14-8)15(2)6-7-16-3/h4-5H,6-7H2,1-3H3,(H3,12,13). The number of aryl methyl sites for hydroxylation is 1. The van der Waals surface area contributed by atoms with E-state index in [2.05, 4.69) is 11.2 Å². The second kappa shape index (κ2) is 5.75. The fourth-order valence-electron chi connectivity index (χ4n) is 1.38. The van der Waals surface area contributed by atoms with Crippen molar-refractivity contribution in [3.05, 3.63) is 23.4 Å². The Labute approximate surface area is 101 Å². The SMILES string of the molecule is CSCCN(C)c1nc(C)ccc1C(=N)N. The van der Waals surface area contributed by atoms with Crippen molar-refractivity contribution in [1.29, 1.82) is 5.41 Å². The zero-order valence-electron chi connectivity index (χ0n) is 9.95. The molecule has 0 aromatic carbocycles. The Bertz CT molecular complexity index is 378. The van der Waals surface area contributed by atoms with Gasteiger partial charge in [0.2, 0.25) is 0 Å². The minimum Gasteiger partial charge on any atom is -0.384 e. The number of thioether (sulfide) groups is 1. The lowest BCUT2D eigenvalue weighted by molar-refractivity contribution is 0.935. The Morgan fingerprint density at radius 3 is 2.81 bits per heavy atom. The van der Waals surface area contributed by atoms with Crippen molar-refractivity contribution in [2.24, 2.45) is 5.73 Å². The number of aromatic nitrogens is 1. The van der Waals surface area contributed by atoms with Crippen molar-refractivity contribution in [3.8, 4) is 0 Å². The molecule has 1 rings (SSSR count). The van der Waals surface area contributed by atoms with Gasteiger partial charge < -0.3 is 10.6 Å². The lowest BCUT2D eigenvalue weighted by atomic mass is 10.2. The molecule has 1 heterocycles. The Balaban J connectivity index is 2.99. The Hall–Kier alpha value is -1.23. The molecule has 5 heteroatoms. The maximum atomic E-state index is 7.52. The van der Waals surface area contributed by atoms with E-state index in [0.29, 0.717) is 5.56 Å². The molecule has 0 radical (unpaired) electrons. The minimum atomic E-state index is 0.0681. The van der Waals surface area contributed by atoms with E-state index in [0.717, 1.165) is 23.8 Å². The third-order valence-corrected chi connectivity index (χ3v) is 2.89. The normalized spacial score (nSPS) is 10.2. The molecule has 3 N–H and O–H groups in total. The topological polar surface area (TPSA) is 66.0 Å². The highest BCUT2D eigenvalue weighted by Crippen LogP contribution is 2.17. The van der Waals surface area contributed by atoms with Gasteiger partial charge in [0.15, 0.2) is 0 Å². The van der Waals surface area contributed by atoms with E-state index < -0.39 is 0 Å². The van der Waals surface area contributed by atoms with Crippen LogP contribution in [0.3, 0.4) is 0 Å². The lowest BCUT2D eigenvalue weighted by Crippen LogP contribution is -2.26. The smallest absolute Gasteiger partial charge is 0.139 e. The van der Waals surface area contributed by atoms with Gasteiger partial charge in [-0.15, -0.1) is 0 Å². The van der Waals surface area contributed by atoms with Gasteiger partial charge in [-0.3, -0.25) is 5.41 Å². The molecule has 0 amide bonds. The number of pyridine rings is 1. The molecule has 0 fully saturated rings. The number of amidine groups is 1. The summed E-state index contributed by atoms with van der Waals surface area (Å²) < 4.78 is 0. The zero-order valence-corrected chi connectivity index (χ0v) is 10.8. The van der Waals surface area contributed by atoms with Crippen molar-refractivity contribution >= 4 is 23.4 Å². The zero-order chi connectivity index (χ0) is 12.1. The van der Waals surface area contributed by atoms with Gasteiger partial charge in [-0.2, -0.15) is 11.8 Å². The fourth-order valence-corrected chi connectivity index (χ4v) is 1.83. The quantitative estimate of drug-likeness (QED) is 0.602. The summed E-state index contributed by atoms with van der Waals surface area (Å²) in [5, 5.41) is 7.52. The van der Waals surface area contributed by atoms with Crippen LogP contribution in [0.2, 0.25) is 0 Å². The summed E-state index contributed by atoms with van der Waals surface area (Å²) in [7, 11) is 1.98. The van der Waals surface area contributed by atoms with E-state index in [1.165, 1.54) is 0 Å². The van der Waals surface area contributed by atoms with Crippen LogP contribution in [0.15, 0.2) is 12.1 Å². The first-order valence-corrected chi connectivity index (χ1v) is 6.47. The van der Waals surface area contributed by atoms with Gasteiger partial charge in [0.25, 0.3) is 0 Å². The van der Waals surface area contributed by atoms with E-state index in [4.69, 9.17) is 11.1 Å². The Morgan fingerprint density at radius 1 is 1.56 bits per heavy atom. The van der Waals surface area contributed by atoms with Crippen LogP contribution < -0.4 is 10.6 Å². The second-order valence-corrected chi connectivity index (χ2v) is 4.64. The van der Waals surface area contributed by atoms with Gasteiger partial charge >= 0.3 is 0 Å². The first-order chi connectivity index (χ1) is 7.56. The minimum absolute atomic E-state index is 0.0681. The average molecular weight is 238 g/mol. The molecule has 0 saturated carbocycles. The highest BCUT2D eigenvalue weighted by atomic mass is 32.2. The molecule has 0 atom stereocenters. The van der Waals surface area contributed by atoms with Gasteiger partial charge in [0.05, 0.1) is 5.56 Å². The fraction of sp³-hybridized carbons (Fsp3) is 0.455. The number of nitrogens with two attached hydrogens (primary N) is 1. The number of hydrogen-bond acceptors (Lipinski definition) is 4. The number of nitrogens with one attached hydrogen (secondary N) is 1. The first kappa shape index (κ1) is 12.8. The van der Waals surface area contributed by atoms with Crippen LogP contribution in [0.4, 0.5) is 5.82 Å². The van der Waals surface area contributed by atoms with Crippen LogP contribution in [0.1, 0.15) is 11.3 Å². The second-order valence-electron chi connectivity index (χ2n) is 3.65. The maximum absolute atomic E-state index is 7.52. The molecular formula is C11H18N4S. The summed E-state index contributed by atoms with van der Waals surface area (Å²) in [6.45, 7) is 2.84. The van der Waals surface area contributed by atoms with Gasteiger partial charge in [-0.05, 0) is 25.3 Å². The van der Waals surface area contributed by atoms with Crippen LogP contribution in [-0.2, 0) is 0 Å². The van der Waals surface area contributed by atoms with E-state index in [9.17, 15) is 0 Å². The molecule has 0 saturated heterocycles. The number of rotatable bonds is 5. The van der Waals surface area contributed by atoms with Crippen LogP contribution in [0.25, 0.3) is 0 Å². The largest absolute Gasteiger partial charge is 0.384 e. The molecule has 1 aromatic rings. The number of anilines is 1. The predicted molar refractivity (Wildman–Crippen MR) is 71.6 cm³/mol. The Kier molecular flexibility index (Phi) is 4.61. The van der Waals surface area contributed by atoms with Gasteiger partial charge in [0, 0.05) is 25.0 Å². The third-order valence-electron chi connectivity index (χ3n) is 2.30. The summed E-state index contributed by atoms with van der Waals surface area (Å²) in [6.07, 6.45) is 2.07. The molecular weight excluding hydrogens is 220 g/mol. The van der Waals surface area contributed by atoms with Crippen molar-refractivity contribution in [3.63, 3.8) is 0 Å². The molecule has 1 aromatic heterocycles. The van der Waals surface area contributed by atoms with E-state index >= 15 is 0 Å². The molecule has 88 valence electrons.